The number of hydrogen-bond donors (Lipinski definition) is 2. The molecular formula is C19H27ClN4O2. The van der Waals surface area contributed by atoms with Crippen molar-refractivity contribution in [2.75, 3.05) is 19.5 Å². The second-order valence-corrected chi connectivity index (χ2v) is 8.55. The number of rotatable bonds is 4. The van der Waals surface area contributed by atoms with Crippen molar-refractivity contribution in [1.82, 2.24) is 15.3 Å². The van der Waals surface area contributed by atoms with E-state index < -0.39 is 0 Å². The summed E-state index contributed by atoms with van der Waals surface area (Å²) >= 11 is 6.18. The summed E-state index contributed by atoms with van der Waals surface area (Å²) in [6, 6.07) is 3.98. The highest BCUT2D eigenvalue weighted by molar-refractivity contribution is 6.28. The molecule has 0 spiro atoms. The van der Waals surface area contributed by atoms with Gasteiger partial charge in [0.15, 0.2) is 11.5 Å². The summed E-state index contributed by atoms with van der Waals surface area (Å²) in [7, 11) is 3.22. The van der Waals surface area contributed by atoms with Crippen LogP contribution in [0.25, 0.3) is 10.9 Å². The second-order valence-electron chi connectivity index (χ2n) is 8.21. The predicted octanol–water partition coefficient (Wildman–Crippen LogP) is 4.02. The first-order valence-electron chi connectivity index (χ1n) is 8.78. The van der Waals surface area contributed by atoms with Crippen molar-refractivity contribution in [1.29, 1.82) is 0 Å². The largest absolute Gasteiger partial charge is 0.493 e. The molecule has 3 rings (SSSR count). The molecule has 1 aliphatic rings. The second kappa shape index (κ2) is 6.74. The number of fused-ring (bicyclic) bond motifs is 1. The lowest BCUT2D eigenvalue weighted by molar-refractivity contribution is 0.170. The van der Waals surface area contributed by atoms with E-state index >= 15 is 0 Å². The van der Waals surface area contributed by atoms with E-state index in [0.29, 0.717) is 11.5 Å². The van der Waals surface area contributed by atoms with Crippen LogP contribution < -0.4 is 20.1 Å². The van der Waals surface area contributed by atoms with Gasteiger partial charge in [0, 0.05) is 28.6 Å². The van der Waals surface area contributed by atoms with Crippen LogP contribution in [0.3, 0.4) is 0 Å². The number of halogens is 1. The van der Waals surface area contributed by atoms with E-state index in [1.807, 2.05) is 12.1 Å². The van der Waals surface area contributed by atoms with Crippen molar-refractivity contribution in [2.24, 2.45) is 0 Å². The molecule has 1 fully saturated rings. The zero-order chi connectivity index (χ0) is 19.1. The minimum atomic E-state index is 0.0347. The molecule has 0 amide bonds. The first-order chi connectivity index (χ1) is 12.1. The molecule has 2 heterocycles. The monoisotopic (exact) mass is 378 g/mol. The maximum atomic E-state index is 6.18. The molecule has 142 valence electrons. The van der Waals surface area contributed by atoms with E-state index in [1.54, 1.807) is 14.2 Å². The van der Waals surface area contributed by atoms with Crippen LogP contribution in [0.5, 0.6) is 11.5 Å². The van der Waals surface area contributed by atoms with Crippen molar-refractivity contribution in [3.63, 3.8) is 0 Å². The Labute approximate surface area is 159 Å². The predicted molar refractivity (Wildman–Crippen MR) is 106 cm³/mol. The van der Waals surface area contributed by atoms with E-state index in [-0.39, 0.29) is 22.4 Å². The van der Waals surface area contributed by atoms with Gasteiger partial charge in [-0.15, -0.1) is 0 Å². The maximum absolute atomic E-state index is 6.18. The molecule has 0 aliphatic carbocycles. The minimum Gasteiger partial charge on any atom is -0.493 e. The molecule has 1 aliphatic heterocycles. The highest BCUT2D eigenvalue weighted by Crippen LogP contribution is 2.36. The molecule has 0 radical (unpaired) electrons. The normalized spacial score (nSPS) is 19.3. The Balaban J connectivity index is 2.01. The number of methoxy groups -OCH3 is 2. The molecule has 0 atom stereocenters. The molecule has 0 saturated carbocycles. The zero-order valence-electron chi connectivity index (χ0n) is 16.2. The molecular weight excluding hydrogens is 352 g/mol. The Morgan fingerprint density at radius 2 is 1.62 bits per heavy atom. The van der Waals surface area contributed by atoms with Gasteiger partial charge >= 0.3 is 0 Å². The van der Waals surface area contributed by atoms with E-state index in [4.69, 9.17) is 21.1 Å². The van der Waals surface area contributed by atoms with Crippen molar-refractivity contribution < 1.29 is 9.47 Å². The van der Waals surface area contributed by atoms with Gasteiger partial charge in [-0.1, -0.05) is 0 Å². The Morgan fingerprint density at radius 1 is 1.04 bits per heavy atom. The van der Waals surface area contributed by atoms with Crippen LogP contribution in [0.1, 0.15) is 40.5 Å². The van der Waals surface area contributed by atoms with E-state index in [9.17, 15) is 0 Å². The Kier molecular flexibility index (Phi) is 4.92. The fourth-order valence-electron chi connectivity index (χ4n) is 4.16. The lowest BCUT2D eigenvalue weighted by Crippen LogP contribution is -2.60. The van der Waals surface area contributed by atoms with Crippen LogP contribution in [0, 0.1) is 0 Å². The van der Waals surface area contributed by atoms with Gasteiger partial charge in [-0.3, -0.25) is 0 Å². The lowest BCUT2D eigenvalue weighted by Gasteiger charge is -2.46. The highest BCUT2D eigenvalue weighted by Gasteiger charge is 2.37. The van der Waals surface area contributed by atoms with Crippen LogP contribution in [-0.2, 0) is 0 Å². The fourth-order valence-corrected chi connectivity index (χ4v) is 4.33. The number of piperidine rings is 1. The average molecular weight is 379 g/mol. The van der Waals surface area contributed by atoms with Crippen LogP contribution in [0.15, 0.2) is 12.1 Å². The summed E-state index contributed by atoms with van der Waals surface area (Å²) in [5.41, 5.74) is 0.789. The van der Waals surface area contributed by atoms with Crippen molar-refractivity contribution in [3.8, 4) is 11.5 Å². The number of benzene rings is 1. The number of anilines is 1. The standard InChI is InChI=1S/C19H27ClN4O2/c1-18(2)9-11(10-19(3,4)24-18)21-16-12-7-14(25-5)15(26-6)8-13(12)22-17(20)23-16/h7-8,11,24H,9-10H2,1-6H3,(H,21,22,23). The van der Waals surface area contributed by atoms with Gasteiger partial charge in [0.25, 0.3) is 0 Å². The quantitative estimate of drug-likeness (QED) is 0.783. The summed E-state index contributed by atoms with van der Waals surface area (Å²) in [6.07, 6.45) is 1.96. The highest BCUT2D eigenvalue weighted by atomic mass is 35.5. The fraction of sp³-hybridized carbons (Fsp3) is 0.579. The number of hydrogen-bond acceptors (Lipinski definition) is 6. The van der Waals surface area contributed by atoms with Crippen molar-refractivity contribution >= 4 is 28.3 Å². The van der Waals surface area contributed by atoms with Gasteiger partial charge in [0.1, 0.15) is 5.82 Å². The SMILES string of the molecule is COc1cc2nc(Cl)nc(NC3CC(C)(C)NC(C)(C)C3)c2cc1OC. The number of ether oxygens (including phenoxy) is 2. The third-order valence-electron chi connectivity index (χ3n) is 4.70. The van der Waals surface area contributed by atoms with E-state index in [0.717, 1.165) is 29.6 Å². The Bertz CT molecular complexity index is 807. The maximum Gasteiger partial charge on any atom is 0.224 e. The molecule has 1 saturated heterocycles. The van der Waals surface area contributed by atoms with Crippen LogP contribution in [0.2, 0.25) is 5.28 Å². The van der Waals surface area contributed by atoms with Crippen LogP contribution in [0.4, 0.5) is 5.82 Å². The van der Waals surface area contributed by atoms with Gasteiger partial charge in [-0.25, -0.2) is 9.97 Å². The van der Waals surface area contributed by atoms with Crippen molar-refractivity contribution in [2.45, 2.75) is 57.7 Å². The van der Waals surface area contributed by atoms with Crippen LogP contribution in [-0.4, -0.2) is 41.3 Å². The minimum absolute atomic E-state index is 0.0347. The smallest absolute Gasteiger partial charge is 0.224 e. The summed E-state index contributed by atoms with van der Waals surface area (Å²) < 4.78 is 10.8. The lowest BCUT2D eigenvalue weighted by atomic mass is 9.79. The van der Waals surface area contributed by atoms with Gasteiger partial charge in [-0.05, 0) is 58.2 Å². The first-order valence-corrected chi connectivity index (χ1v) is 9.15. The summed E-state index contributed by atoms with van der Waals surface area (Å²) in [4.78, 5) is 8.79. The average Bonchev–Trinajstić information content (AvgIpc) is 2.50. The third kappa shape index (κ3) is 3.96. The van der Waals surface area contributed by atoms with Gasteiger partial charge in [0.2, 0.25) is 5.28 Å². The first kappa shape index (κ1) is 19.0. The molecule has 2 N–H and O–H groups in total. The third-order valence-corrected chi connectivity index (χ3v) is 4.87. The Hall–Kier alpha value is -1.79. The van der Waals surface area contributed by atoms with E-state index in [2.05, 4.69) is 48.3 Å². The van der Waals surface area contributed by atoms with E-state index in [1.165, 1.54) is 0 Å². The molecule has 0 unspecified atom stereocenters. The molecule has 7 heteroatoms. The molecule has 1 aromatic carbocycles. The zero-order valence-corrected chi connectivity index (χ0v) is 17.0. The molecule has 2 aromatic rings. The summed E-state index contributed by atoms with van der Waals surface area (Å²) in [5.74, 6) is 1.98. The van der Waals surface area contributed by atoms with Gasteiger partial charge in [0.05, 0.1) is 19.7 Å². The molecule has 1 aromatic heterocycles. The topological polar surface area (TPSA) is 68.3 Å². The van der Waals surface area contributed by atoms with Crippen molar-refractivity contribution in [3.05, 3.63) is 17.4 Å². The summed E-state index contributed by atoms with van der Waals surface area (Å²) in [6.45, 7) is 8.90. The molecule has 0 bridgehead atoms. The Morgan fingerprint density at radius 3 is 2.19 bits per heavy atom. The molecule has 26 heavy (non-hydrogen) atoms. The summed E-state index contributed by atoms with van der Waals surface area (Å²) in [5, 5.41) is 8.36. The van der Waals surface area contributed by atoms with Gasteiger partial charge < -0.3 is 20.1 Å². The molecule has 6 nitrogen and oxygen atoms in total. The van der Waals surface area contributed by atoms with Crippen LogP contribution >= 0.6 is 11.6 Å². The van der Waals surface area contributed by atoms with Gasteiger partial charge in [-0.2, -0.15) is 0 Å². The number of aromatic nitrogens is 2. The number of nitrogens with one attached hydrogen (secondary N) is 2. The number of nitrogens with zero attached hydrogens (tertiary/aromatic N) is 2.